The van der Waals surface area contributed by atoms with Crippen molar-refractivity contribution >= 4 is 0 Å². The summed E-state index contributed by atoms with van der Waals surface area (Å²) >= 11 is 0. The lowest BCUT2D eigenvalue weighted by atomic mass is 10.0. The topological polar surface area (TPSA) is 35.5 Å². The second-order valence-corrected chi connectivity index (χ2v) is 4.93. The van der Waals surface area contributed by atoms with Crippen LogP contribution in [0.2, 0.25) is 0 Å². The van der Waals surface area contributed by atoms with Crippen LogP contribution in [0.25, 0.3) is 0 Å². The van der Waals surface area contributed by atoms with E-state index in [2.05, 4.69) is 17.3 Å². The van der Waals surface area contributed by atoms with Crippen molar-refractivity contribution < 1.29 is 5.11 Å². The lowest BCUT2D eigenvalue weighted by Crippen LogP contribution is -2.42. The van der Waals surface area contributed by atoms with Gasteiger partial charge < -0.3 is 15.3 Å². The van der Waals surface area contributed by atoms with E-state index in [4.69, 9.17) is 0 Å². The Hall–Kier alpha value is -1.06. The van der Waals surface area contributed by atoms with Crippen molar-refractivity contribution in [2.24, 2.45) is 0 Å². The minimum atomic E-state index is 0.334. The Morgan fingerprint density at radius 2 is 2.06 bits per heavy atom. The highest BCUT2D eigenvalue weighted by atomic mass is 16.3. The van der Waals surface area contributed by atoms with Gasteiger partial charge in [0, 0.05) is 19.1 Å². The summed E-state index contributed by atoms with van der Waals surface area (Å²) in [4.78, 5) is 2.45. The maximum absolute atomic E-state index is 9.19. The molecule has 0 bridgehead atoms. The SMILES string of the molecule is CN1CCCCC1CNCc1ccc(O)cc1. The Kier molecular flexibility index (Phi) is 4.40. The minimum absolute atomic E-state index is 0.334. The van der Waals surface area contributed by atoms with E-state index in [0.717, 1.165) is 13.1 Å². The smallest absolute Gasteiger partial charge is 0.115 e. The van der Waals surface area contributed by atoms with Gasteiger partial charge in [-0.1, -0.05) is 18.6 Å². The molecule has 0 amide bonds. The second-order valence-electron chi connectivity index (χ2n) is 4.93. The third-order valence-corrected chi connectivity index (χ3v) is 3.57. The van der Waals surface area contributed by atoms with Crippen LogP contribution in [0, 0.1) is 0 Å². The zero-order valence-corrected chi connectivity index (χ0v) is 10.5. The number of nitrogens with zero attached hydrogens (tertiary/aromatic N) is 1. The van der Waals surface area contributed by atoms with E-state index in [1.165, 1.54) is 31.4 Å². The van der Waals surface area contributed by atoms with E-state index in [1.54, 1.807) is 12.1 Å². The van der Waals surface area contributed by atoms with Crippen LogP contribution in [-0.2, 0) is 6.54 Å². The van der Waals surface area contributed by atoms with Gasteiger partial charge in [-0.05, 0) is 44.1 Å². The molecule has 1 aliphatic rings. The minimum Gasteiger partial charge on any atom is -0.508 e. The Balaban J connectivity index is 1.73. The van der Waals surface area contributed by atoms with Crippen LogP contribution in [0.3, 0.4) is 0 Å². The molecule has 3 heteroatoms. The van der Waals surface area contributed by atoms with Crippen LogP contribution >= 0.6 is 0 Å². The van der Waals surface area contributed by atoms with Gasteiger partial charge in [0.2, 0.25) is 0 Å². The van der Waals surface area contributed by atoms with Crippen molar-refractivity contribution in [3.8, 4) is 5.75 Å². The quantitative estimate of drug-likeness (QED) is 0.836. The average Bonchev–Trinajstić information content (AvgIpc) is 2.34. The molecule has 1 atom stereocenters. The molecule has 0 saturated carbocycles. The number of phenolic OH excluding ortho intramolecular Hbond substituents is 1. The molecule has 1 unspecified atom stereocenters. The van der Waals surface area contributed by atoms with Gasteiger partial charge in [-0.15, -0.1) is 0 Å². The number of hydrogen-bond donors (Lipinski definition) is 2. The normalized spacial score (nSPS) is 21.6. The molecule has 1 aliphatic heterocycles. The van der Waals surface area contributed by atoms with Crippen LogP contribution in [-0.4, -0.2) is 36.2 Å². The molecule has 94 valence electrons. The third kappa shape index (κ3) is 3.72. The monoisotopic (exact) mass is 234 g/mol. The van der Waals surface area contributed by atoms with Crippen LogP contribution in [0.15, 0.2) is 24.3 Å². The first-order valence-electron chi connectivity index (χ1n) is 6.44. The maximum atomic E-state index is 9.19. The van der Waals surface area contributed by atoms with Gasteiger partial charge in [-0.2, -0.15) is 0 Å². The largest absolute Gasteiger partial charge is 0.508 e. The van der Waals surface area contributed by atoms with Gasteiger partial charge in [0.25, 0.3) is 0 Å². The fraction of sp³-hybridized carbons (Fsp3) is 0.571. The van der Waals surface area contributed by atoms with Crippen molar-refractivity contribution in [1.29, 1.82) is 0 Å². The molecule has 0 aliphatic carbocycles. The van der Waals surface area contributed by atoms with E-state index in [9.17, 15) is 5.11 Å². The van der Waals surface area contributed by atoms with Crippen molar-refractivity contribution in [2.45, 2.75) is 31.8 Å². The maximum Gasteiger partial charge on any atom is 0.115 e. The number of piperidine rings is 1. The Morgan fingerprint density at radius 3 is 2.76 bits per heavy atom. The van der Waals surface area contributed by atoms with Crippen molar-refractivity contribution in [1.82, 2.24) is 10.2 Å². The first-order chi connectivity index (χ1) is 8.25. The van der Waals surface area contributed by atoms with Crippen LogP contribution in [0.4, 0.5) is 0 Å². The van der Waals surface area contributed by atoms with E-state index < -0.39 is 0 Å². The fourth-order valence-electron chi connectivity index (χ4n) is 2.40. The molecule has 0 spiro atoms. The summed E-state index contributed by atoms with van der Waals surface area (Å²) in [6.45, 7) is 3.16. The Labute approximate surface area is 103 Å². The molecule has 0 radical (unpaired) electrons. The van der Waals surface area contributed by atoms with E-state index in [-0.39, 0.29) is 0 Å². The number of hydrogen-bond acceptors (Lipinski definition) is 3. The van der Waals surface area contributed by atoms with Crippen molar-refractivity contribution in [3.63, 3.8) is 0 Å². The van der Waals surface area contributed by atoms with Gasteiger partial charge >= 0.3 is 0 Å². The predicted octanol–water partition coefficient (Wildman–Crippen LogP) is 1.97. The van der Waals surface area contributed by atoms with Crippen LogP contribution in [0.1, 0.15) is 24.8 Å². The van der Waals surface area contributed by atoms with Gasteiger partial charge in [0.05, 0.1) is 0 Å². The third-order valence-electron chi connectivity index (χ3n) is 3.57. The van der Waals surface area contributed by atoms with Crippen LogP contribution < -0.4 is 5.32 Å². The van der Waals surface area contributed by atoms with E-state index in [1.807, 2.05) is 12.1 Å². The molecule has 1 saturated heterocycles. The van der Waals surface area contributed by atoms with Gasteiger partial charge in [0.1, 0.15) is 5.75 Å². The summed E-state index contributed by atoms with van der Waals surface area (Å²) in [7, 11) is 2.21. The number of likely N-dealkylation sites (tertiary alicyclic amines) is 1. The summed E-state index contributed by atoms with van der Waals surface area (Å²) in [5, 5.41) is 12.7. The summed E-state index contributed by atoms with van der Waals surface area (Å²) < 4.78 is 0. The average molecular weight is 234 g/mol. The highest BCUT2D eigenvalue weighted by Gasteiger charge is 2.17. The van der Waals surface area contributed by atoms with E-state index in [0.29, 0.717) is 11.8 Å². The number of aromatic hydroxyl groups is 1. The molecule has 1 heterocycles. The predicted molar refractivity (Wildman–Crippen MR) is 70.1 cm³/mol. The first-order valence-corrected chi connectivity index (χ1v) is 6.44. The van der Waals surface area contributed by atoms with Gasteiger partial charge in [-0.25, -0.2) is 0 Å². The summed E-state index contributed by atoms with van der Waals surface area (Å²) in [6, 6.07) is 8.09. The molecule has 1 aromatic carbocycles. The molecular weight excluding hydrogens is 212 g/mol. The van der Waals surface area contributed by atoms with E-state index >= 15 is 0 Å². The number of likely N-dealkylation sites (N-methyl/N-ethyl adjacent to an activating group) is 1. The Morgan fingerprint density at radius 1 is 1.29 bits per heavy atom. The number of benzene rings is 1. The molecule has 0 aromatic heterocycles. The molecule has 2 rings (SSSR count). The zero-order chi connectivity index (χ0) is 12.1. The Bertz CT molecular complexity index is 337. The van der Waals surface area contributed by atoms with Gasteiger partial charge in [0.15, 0.2) is 0 Å². The summed E-state index contributed by atoms with van der Waals surface area (Å²) in [6.07, 6.45) is 4.00. The number of phenols is 1. The van der Waals surface area contributed by atoms with Gasteiger partial charge in [-0.3, -0.25) is 0 Å². The van der Waals surface area contributed by atoms with Crippen molar-refractivity contribution in [2.75, 3.05) is 20.1 Å². The lowest BCUT2D eigenvalue weighted by Gasteiger charge is -2.32. The summed E-state index contributed by atoms with van der Waals surface area (Å²) in [5.41, 5.74) is 1.22. The highest BCUT2D eigenvalue weighted by Crippen LogP contribution is 2.14. The molecule has 2 N–H and O–H groups in total. The molecule has 1 aromatic rings. The zero-order valence-electron chi connectivity index (χ0n) is 10.5. The van der Waals surface area contributed by atoms with Crippen LogP contribution in [0.5, 0.6) is 5.75 Å². The summed E-state index contributed by atoms with van der Waals surface area (Å²) in [5.74, 6) is 0.334. The number of rotatable bonds is 4. The lowest BCUT2D eigenvalue weighted by molar-refractivity contribution is 0.181. The highest BCUT2D eigenvalue weighted by molar-refractivity contribution is 5.25. The molecular formula is C14H22N2O. The molecule has 17 heavy (non-hydrogen) atoms. The number of nitrogens with one attached hydrogen (secondary N) is 1. The fourth-order valence-corrected chi connectivity index (χ4v) is 2.40. The first kappa shape index (κ1) is 12.4. The molecule has 1 fully saturated rings. The van der Waals surface area contributed by atoms with Crippen molar-refractivity contribution in [3.05, 3.63) is 29.8 Å². The second kappa shape index (κ2) is 6.03. The molecule has 3 nitrogen and oxygen atoms in total. The standard InChI is InChI=1S/C14H22N2O/c1-16-9-3-2-4-13(16)11-15-10-12-5-7-14(17)8-6-12/h5-8,13,15,17H,2-4,9-11H2,1H3.